The fourth-order valence-corrected chi connectivity index (χ4v) is 2.35. The molecule has 3 heteroatoms. The van der Waals surface area contributed by atoms with Gasteiger partial charge in [0, 0.05) is 23.6 Å². The van der Waals surface area contributed by atoms with Gasteiger partial charge in [-0.05, 0) is 43.5 Å². The molecular formula is C16H15NO2. The first-order valence-corrected chi connectivity index (χ1v) is 6.32. The lowest BCUT2D eigenvalue weighted by molar-refractivity contribution is -0.107. The van der Waals surface area contributed by atoms with Gasteiger partial charge in [0.25, 0.3) is 0 Å². The Hall–Kier alpha value is -2.16. The van der Waals surface area contributed by atoms with E-state index in [1.807, 2.05) is 38.1 Å². The maximum Gasteiger partial charge on any atom is 0.128 e. The van der Waals surface area contributed by atoms with Gasteiger partial charge in [-0.25, -0.2) is 0 Å². The molecule has 2 heterocycles. The summed E-state index contributed by atoms with van der Waals surface area (Å²) in [6, 6.07) is 6.01. The highest BCUT2D eigenvalue weighted by Gasteiger charge is 2.22. The highest BCUT2D eigenvalue weighted by Crippen LogP contribution is 2.34. The molecule has 0 saturated carbocycles. The van der Waals surface area contributed by atoms with Crippen LogP contribution in [-0.4, -0.2) is 16.9 Å². The minimum absolute atomic E-state index is 0.278. The molecule has 0 amide bonds. The lowest BCUT2D eigenvalue weighted by Crippen LogP contribution is -2.27. The maximum atomic E-state index is 10.7. The number of carbonyl (C=O) groups excluding carboxylic acids is 1. The Morgan fingerprint density at radius 2 is 2.21 bits per heavy atom. The van der Waals surface area contributed by atoms with Crippen LogP contribution >= 0.6 is 0 Å². The zero-order chi connectivity index (χ0) is 13.5. The van der Waals surface area contributed by atoms with Gasteiger partial charge in [0.15, 0.2) is 0 Å². The number of carbonyl (C=O) groups is 1. The molecule has 1 aliphatic rings. The van der Waals surface area contributed by atoms with Crippen LogP contribution in [0.5, 0.6) is 5.75 Å². The van der Waals surface area contributed by atoms with E-state index in [2.05, 4.69) is 11.1 Å². The van der Waals surface area contributed by atoms with Crippen LogP contribution in [0.3, 0.4) is 0 Å². The molecule has 0 N–H and O–H groups in total. The quantitative estimate of drug-likeness (QED) is 0.772. The van der Waals surface area contributed by atoms with Crippen molar-refractivity contribution in [1.82, 2.24) is 4.98 Å². The average molecular weight is 253 g/mol. The standard InChI is InChI=1S/C16H15NO2/c1-16(2)6-3-12-9-13-11(10-15(12)19-16)4-7-17-14(13)5-8-18/h3-4,6-10H,5H2,1-2H3. The first-order chi connectivity index (χ1) is 9.09. The van der Waals surface area contributed by atoms with Gasteiger partial charge in [0.05, 0.1) is 5.69 Å². The molecule has 1 aliphatic heterocycles. The number of nitrogens with zero attached hydrogens (tertiary/aromatic N) is 1. The smallest absolute Gasteiger partial charge is 0.128 e. The van der Waals surface area contributed by atoms with Crippen molar-refractivity contribution in [1.29, 1.82) is 0 Å². The van der Waals surface area contributed by atoms with Crippen LogP contribution in [-0.2, 0) is 11.2 Å². The second-order valence-corrected chi connectivity index (χ2v) is 5.28. The van der Waals surface area contributed by atoms with E-state index in [9.17, 15) is 4.79 Å². The Balaban J connectivity index is 2.21. The zero-order valence-electron chi connectivity index (χ0n) is 11.0. The first-order valence-electron chi connectivity index (χ1n) is 6.32. The summed E-state index contributed by atoms with van der Waals surface area (Å²) < 4.78 is 5.95. The van der Waals surface area contributed by atoms with E-state index in [4.69, 9.17) is 4.74 Å². The Morgan fingerprint density at radius 1 is 1.37 bits per heavy atom. The zero-order valence-corrected chi connectivity index (χ0v) is 11.0. The highest BCUT2D eigenvalue weighted by atomic mass is 16.5. The van der Waals surface area contributed by atoms with Crippen molar-refractivity contribution in [3.8, 4) is 5.75 Å². The average Bonchev–Trinajstić information content (AvgIpc) is 2.36. The van der Waals surface area contributed by atoms with Gasteiger partial charge in [-0.2, -0.15) is 0 Å². The van der Waals surface area contributed by atoms with Crippen LogP contribution in [0.4, 0.5) is 0 Å². The Morgan fingerprint density at radius 3 is 3.00 bits per heavy atom. The molecule has 1 aromatic carbocycles. The molecule has 3 nitrogen and oxygen atoms in total. The van der Waals surface area contributed by atoms with Crippen molar-refractivity contribution in [2.45, 2.75) is 25.9 Å². The van der Waals surface area contributed by atoms with E-state index in [1.54, 1.807) is 6.20 Å². The van der Waals surface area contributed by atoms with Crippen LogP contribution in [0.2, 0.25) is 0 Å². The van der Waals surface area contributed by atoms with E-state index in [1.165, 1.54) is 0 Å². The summed E-state index contributed by atoms with van der Waals surface area (Å²) in [6.07, 6.45) is 7.06. The van der Waals surface area contributed by atoms with Crippen molar-refractivity contribution < 1.29 is 9.53 Å². The van der Waals surface area contributed by atoms with Gasteiger partial charge in [0.1, 0.15) is 17.6 Å². The summed E-state index contributed by atoms with van der Waals surface area (Å²) in [4.78, 5) is 15.0. The highest BCUT2D eigenvalue weighted by molar-refractivity contribution is 5.90. The van der Waals surface area contributed by atoms with E-state index in [-0.39, 0.29) is 5.60 Å². The molecule has 96 valence electrons. The number of benzene rings is 1. The molecule has 0 fully saturated rings. The van der Waals surface area contributed by atoms with E-state index >= 15 is 0 Å². The lowest BCUT2D eigenvalue weighted by Gasteiger charge is -2.28. The van der Waals surface area contributed by atoms with Crippen molar-refractivity contribution >= 4 is 23.1 Å². The van der Waals surface area contributed by atoms with Crippen LogP contribution < -0.4 is 4.74 Å². The maximum absolute atomic E-state index is 10.7. The lowest BCUT2D eigenvalue weighted by atomic mass is 9.98. The summed E-state index contributed by atoms with van der Waals surface area (Å²) in [5.74, 6) is 0.878. The summed E-state index contributed by atoms with van der Waals surface area (Å²) >= 11 is 0. The molecule has 0 spiro atoms. The monoisotopic (exact) mass is 253 g/mol. The molecule has 0 bridgehead atoms. The first kappa shape index (κ1) is 11.9. The van der Waals surface area contributed by atoms with Gasteiger partial charge < -0.3 is 9.53 Å². The van der Waals surface area contributed by atoms with Gasteiger partial charge in [0.2, 0.25) is 0 Å². The second-order valence-electron chi connectivity index (χ2n) is 5.28. The summed E-state index contributed by atoms with van der Waals surface area (Å²) in [6.45, 7) is 4.06. The largest absolute Gasteiger partial charge is 0.483 e. The van der Waals surface area contributed by atoms with Crippen LogP contribution in [0.25, 0.3) is 16.8 Å². The number of ether oxygens (including phenoxy) is 1. The SMILES string of the molecule is CC1(C)C=Cc2cc3c(CC=O)nccc3cc2O1. The molecule has 2 aromatic rings. The number of pyridine rings is 1. The Bertz CT molecular complexity index is 686. The van der Waals surface area contributed by atoms with Gasteiger partial charge in [-0.3, -0.25) is 4.98 Å². The van der Waals surface area contributed by atoms with E-state index < -0.39 is 0 Å². The third-order valence-electron chi connectivity index (χ3n) is 3.29. The summed E-state index contributed by atoms with van der Waals surface area (Å²) in [5, 5.41) is 2.07. The molecule has 19 heavy (non-hydrogen) atoms. The molecule has 1 aromatic heterocycles. The van der Waals surface area contributed by atoms with Gasteiger partial charge in [-0.15, -0.1) is 0 Å². The molecule has 0 saturated heterocycles. The van der Waals surface area contributed by atoms with Gasteiger partial charge in [-0.1, -0.05) is 6.08 Å². The number of aromatic nitrogens is 1. The van der Waals surface area contributed by atoms with Crippen LogP contribution in [0.15, 0.2) is 30.5 Å². The van der Waals surface area contributed by atoms with E-state index in [0.29, 0.717) is 6.42 Å². The third-order valence-corrected chi connectivity index (χ3v) is 3.29. The molecule has 0 unspecified atom stereocenters. The summed E-state index contributed by atoms with van der Waals surface area (Å²) in [5.41, 5.74) is 1.57. The number of hydrogen-bond donors (Lipinski definition) is 0. The molecule has 0 aliphatic carbocycles. The molecule has 0 atom stereocenters. The third kappa shape index (κ3) is 2.12. The predicted octanol–water partition coefficient (Wildman–Crippen LogP) is 3.16. The Kier molecular flexibility index (Phi) is 2.63. The fourth-order valence-electron chi connectivity index (χ4n) is 2.35. The number of fused-ring (bicyclic) bond motifs is 2. The minimum Gasteiger partial charge on any atom is -0.483 e. The number of rotatable bonds is 2. The molecular weight excluding hydrogens is 238 g/mol. The minimum atomic E-state index is -0.278. The fraction of sp³-hybridized carbons (Fsp3) is 0.250. The van der Waals surface area contributed by atoms with Crippen LogP contribution in [0, 0.1) is 0 Å². The van der Waals surface area contributed by atoms with Crippen molar-refractivity contribution in [3.63, 3.8) is 0 Å². The predicted molar refractivity (Wildman–Crippen MR) is 75.3 cm³/mol. The number of hydrogen-bond acceptors (Lipinski definition) is 3. The molecule has 3 rings (SSSR count). The second kappa shape index (κ2) is 4.19. The topological polar surface area (TPSA) is 39.2 Å². The van der Waals surface area contributed by atoms with E-state index in [0.717, 1.165) is 34.1 Å². The van der Waals surface area contributed by atoms with Crippen molar-refractivity contribution in [2.24, 2.45) is 0 Å². The van der Waals surface area contributed by atoms with Crippen molar-refractivity contribution in [3.05, 3.63) is 41.7 Å². The van der Waals surface area contributed by atoms with Crippen molar-refractivity contribution in [2.75, 3.05) is 0 Å². The Labute approximate surface area is 111 Å². The van der Waals surface area contributed by atoms with Crippen LogP contribution in [0.1, 0.15) is 25.1 Å². The molecule has 0 radical (unpaired) electrons. The summed E-state index contributed by atoms with van der Waals surface area (Å²) in [7, 11) is 0. The van der Waals surface area contributed by atoms with Gasteiger partial charge >= 0.3 is 0 Å². The number of aldehydes is 1. The normalized spacial score (nSPS) is 15.9.